The number of hydrogen-bond acceptors (Lipinski definition) is 3. The highest BCUT2D eigenvalue weighted by atomic mass is 32.2. The Balaban J connectivity index is 1.79. The SMILES string of the molecule is Cc1ccccc1C(=O)Nc1cccc(NS(=O)(=O)c2ccccc2)c1. The first-order chi connectivity index (χ1) is 12.5. The van der Waals surface area contributed by atoms with E-state index in [0.717, 1.165) is 5.56 Å². The van der Waals surface area contributed by atoms with Crippen LogP contribution in [0.1, 0.15) is 15.9 Å². The lowest BCUT2D eigenvalue weighted by Crippen LogP contribution is -2.15. The summed E-state index contributed by atoms with van der Waals surface area (Å²) < 4.78 is 27.3. The van der Waals surface area contributed by atoms with Crippen molar-refractivity contribution in [3.05, 3.63) is 90.0 Å². The molecule has 0 radical (unpaired) electrons. The van der Waals surface area contributed by atoms with E-state index in [-0.39, 0.29) is 10.8 Å². The molecule has 0 saturated carbocycles. The van der Waals surface area contributed by atoms with Gasteiger partial charge in [0.05, 0.1) is 10.6 Å². The molecule has 0 spiro atoms. The van der Waals surface area contributed by atoms with Crippen molar-refractivity contribution >= 4 is 27.3 Å². The maximum Gasteiger partial charge on any atom is 0.261 e. The first-order valence-corrected chi connectivity index (χ1v) is 9.49. The Hall–Kier alpha value is -3.12. The normalized spacial score (nSPS) is 11.0. The van der Waals surface area contributed by atoms with Crippen molar-refractivity contribution in [3.8, 4) is 0 Å². The van der Waals surface area contributed by atoms with Gasteiger partial charge in [-0.25, -0.2) is 8.42 Å². The molecule has 0 aliphatic heterocycles. The van der Waals surface area contributed by atoms with Gasteiger partial charge in [-0.1, -0.05) is 42.5 Å². The van der Waals surface area contributed by atoms with Crippen molar-refractivity contribution in [1.29, 1.82) is 0 Å². The highest BCUT2D eigenvalue weighted by molar-refractivity contribution is 7.92. The van der Waals surface area contributed by atoms with Crippen molar-refractivity contribution < 1.29 is 13.2 Å². The lowest BCUT2D eigenvalue weighted by Gasteiger charge is -2.11. The first-order valence-electron chi connectivity index (χ1n) is 8.01. The van der Waals surface area contributed by atoms with Crippen LogP contribution in [0.5, 0.6) is 0 Å². The minimum Gasteiger partial charge on any atom is -0.322 e. The van der Waals surface area contributed by atoms with Gasteiger partial charge in [0.25, 0.3) is 15.9 Å². The first kappa shape index (κ1) is 17.7. The average Bonchev–Trinajstić information content (AvgIpc) is 2.63. The Morgan fingerprint density at radius 3 is 2.19 bits per heavy atom. The predicted molar refractivity (Wildman–Crippen MR) is 103 cm³/mol. The van der Waals surface area contributed by atoms with Gasteiger partial charge in [0.2, 0.25) is 0 Å². The monoisotopic (exact) mass is 366 g/mol. The van der Waals surface area contributed by atoms with E-state index in [0.29, 0.717) is 16.9 Å². The van der Waals surface area contributed by atoms with Crippen LogP contribution in [-0.2, 0) is 10.0 Å². The summed E-state index contributed by atoms with van der Waals surface area (Å²) in [5, 5.41) is 2.79. The van der Waals surface area contributed by atoms with E-state index < -0.39 is 10.0 Å². The minimum absolute atomic E-state index is 0.175. The van der Waals surface area contributed by atoms with Gasteiger partial charge < -0.3 is 5.32 Å². The summed E-state index contributed by atoms with van der Waals surface area (Å²) in [4.78, 5) is 12.6. The van der Waals surface area contributed by atoms with E-state index in [4.69, 9.17) is 0 Å². The summed E-state index contributed by atoms with van der Waals surface area (Å²) in [6, 6.07) is 22.0. The van der Waals surface area contributed by atoms with Gasteiger partial charge in [0, 0.05) is 11.3 Å². The number of anilines is 2. The van der Waals surface area contributed by atoms with Crippen LogP contribution in [0.15, 0.2) is 83.8 Å². The van der Waals surface area contributed by atoms with Crippen LogP contribution in [0.25, 0.3) is 0 Å². The van der Waals surface area contributed by atoms with Gasteiger partial charge in [0.1, 0.15) is 0 Å². The second-order valence-corrected chi connectivity index (χ2v) is 7.45. The zero-order chi connectivity index (χ0) is 18.6. The van der Waals surface area contributed by atoms with Crippen LogP contribution in [0.4, 0.5) is 11.4 Å². The standard InChI is InChI=1S/C20H18N2O3S/c1-15-8-5-6-13-19(15)20(23)21-16-9-7-10-17(14-16)22-26(24,25)18-11-3-2-4-12-18/h2-14,22H,1H3,(H,21,23). The second-order valence-electron chi connectivity index (χ2n) is 5.77. The molecule has 3 aromatic carbocycles. The molecule has 1 amide bonds. The van der Waals surface area contributed by atoms with Gasteiger partial charge in [-0.2, -0.15) is 0 Å². The molecule has 0 aliphatic carbocycles. The number of rotatable bonds is 5. The smallest absolute Gasteiger partial charge is 0.261 e. The highest BCUT2D eigenvalue weighted by Crippen LogP contribution is 2.20. The van der Waals surface area contributed by atoms with Crippen molar-refractivity contribution in [2.75, 3.05) is 10.0 Å². The van der Waals surface area contributed by atoms with E-state index in [2.05, 4.69) is 10.0 Å². The van der Waals surface area contributed by atoms with Crippen LogP contribution in [-0.4, -0.2) is 14.3 Å². The molecule has 3 aromatic rings. The number of aryl methyl sites for hydroxylation is 1. The number of carbonyl (C=O) groups excluding carboxylic acids is 1. The topological polar surface area (TPSA) is 75.3 Å². The number of nitrogens with one attached hydrogen (secondary N) is 2. The third kappa shape index (κ3) is 4.10. The Morgan fingerprint density at radius 1 is 0.808 bits per heavy atom. The molecule has 26 heavy (non-hydrogen) atoms. The van der Waals surface area contributed by atoms with E-state index in [9.17, 15) is 13.2 Å². The molecule has 0 atom stereocenters. The van der Waals surface area contributed by atoms with Crippen molar-refractivity contribution in [2.45, 2.75) is 11.8 Å². The van der Waals surface area contributed by atoms with E-state index in [1.807, 2.05) is 19.1 Å². The fraction of sp³-hybridized carbons (Fsp3) is 0.0500. The lowest BCUT2D eigenvalue weighted by atomic mass is 10.1. The summed E-state index contributed by atoms with van der Waals surface area (Å²) in [7, 11) is -3.68. The quantitative estimate of drug-likeness (QED) is 0.715. The molecule has 0 aliphatic rings. The Kier molecular flexibility index (Phi) is 5.04. The van der Waals surface area contributed by atoms with Gasteiger partial charge in [-0.15, -0.1) is 0 Å². The molecule has 0 fully saturated rings. The summed E-state index contributed by atoms with van der Waals surface area (Å²) >= 11 is 0. The van der Waals surface area contributed by atoms with E-state index in [1.165, 1.54) is 12.1 Å². The van der Waals surface area contributed by atoms with Crippen molar-refractivity contribution in [3.63, 3.8) is 0 Å². The molecule has 6 heteroatoms. The van der Waals surface area contributed by atoms with Gasteiger partial charge in [0.15, 0.2) is 0 Å². The highest BCUT2D eigenvalue weighted by Gasteiger charge is 2.14. The average molecular weight is 366 g/mol. The number of benzene rings is 3. The van der Waals surface area contributed by atoms with Crippen LogP contribution in [0.2, 0.25) is 0 Å². The minimum atomic E-state index is -3.68. The molecule has 3 rings (SSSR count). The molecule has 2 N–H and O–H groups in total. The van der Waals surface area contributed by atoms with Crippen LogP contribution < -0.4 is 10.0 Å². The van der Waals surface area contributed by atoms with Crippen LogP contribution in [0, 0.1) is 6.92 Å². The van der Waals surface area contributed by atoms with Gasteiger partial charge in [-0.3, -0.25) is 9.52 Å². The van der Waals surface area contributed by atoms with E-state index in [1.54, 1.807) is 54.6 Å². The fourth-order valence-electron chi connectivity index (χ4n) is 2.50. The fourth-order valence-corrected chi connectivity index (χ4v) is 3.57. The molecular weight excluding hydrogens is 348 g/mol. The summed E-state index contributed by atoms with van der Waals surface area (Å²) in [5.74, 6) is -0.244. The van der Waals surface area contributed by atoms with Crippen LogP contribution in [0.3, 0.4) is 0 Å². The predicted octanol–water partition coefficient (Wildman–Crippen LogP) is 4.05. The Labute approximate surface area is 152 Å². The zero-order valence-corrected chi connectivity index (χ0v) is 15.0. The third-order valence-corrected chi connectivity index (χ3v) is 5.21. The molecule has 0 saturated heterocycles. The van der Waals surface area contributed by atoms with E-state index >= 15 is 0 Å². The Morgan fingerprint density at radius 2 is 1.46 bits per heavy atom. The number of amides is 1. The molecule has 5 nitrogen and oxygen atoms in total. The lowest BCUT2D eigenvalue weighted by molar-refractivity contribution is 0.102. The number of hydrogen-bond donors (Lipinski definition) is 2. The Bertz CT molecular complexity index is 1030. The molecule has 0 heterocycles. The third-order valence-electron chi connectivity index (χ3n) is 3.82. The molecule has 0 aromatic heterocycles. The number of carbonyl (C=O) groups is 1. The van der Waals surface area contributed by atoms with Crippen molar-refractivity contribution in [2.24, 2.45) is 0 Å². The summed E-state index contributed by atoms with van der Waals surface area (Å²) in [6.07, 6.45) is 0. The van der Waals surface area contributed by atoms with Crippen molar-refractivity contribution in [1.82, 2.24) is 0 Å². The maximum absolute atomic E-state index is 12.4. The van der Waals surface area contributed by atoms with Gasteiger partial charge in [-0.05, 0) is 48.9 Å². The zero-order valence-electron chi connectivity index (χ0n) is 14.1. The molecule has 0 unspecified atom stereocenters. The molecule has 0 bridgehead atoms. The number of sulfonamides is 1. The second kappa shape index (κ2) is 7.41. The summed E-state index contributed by atoms with van der Waals surface area (Å²) in [6.45, 7) is 1.86. The molecular formula is C20H18N2O3S. The largest absolute Gasteiger partial charge is 0.322 e. The summed E-state index contributed by atoms with van der Waals surface area (Å²) in [5.41, 5.74) is 2.32. The van der Waals surface area contributed by atoms with Gasteiger partial charge >= 0.3 is 0 Å². The van der Waals surface area contributed by atoms with Crippen LogP contribution >= 0.6 is 0 Å². The molecule has 132 valence electrons. The maximum atomic E-state index is 12.4.